The quantitative estimate of drug-likeness (QED) is 0.830. The third kappa shape index (κ3) is 4.91. The molecule has 1 aliphatic heterocycles. The zero-order valence-corrected chi connectivity index (χ0v) is 15.1. The molecule has 3 rings (SSSR count). The largest absolute Gasteiger partial charge is 0.352 e. The molecular formula is C19H25N5O2. The van der Waals surface area contributed by atoms with E-state index >= 15 is 0 Å². The van der Waals surface area contributed by atoms with E-state index in [1.807, 2.05) is 24.0 Å². The van der Waals surface area contributed by atoms with E-state index in [0.717, 1.165) is 43.6 Å². The van der Waals surface area contributed by atoms with Gasteiger partial charge in [-0.1, -0.05) is 6.07 Å². The zero-order chi connectivity index (χ0) is 18.4. The van der Waals surface area contributed by atoms with Crippen molar-refractivity contribution in [3.8, 4) is 0 Å². The van der Waals surface area contributed by atoms with Crippen molar-refractivity contribution in [2.75, 3.05) is 13.1 Å². The number of rotatable bonds is 6. The first kappa shape index (κ1) is 18.1. The summed E-state index contributed by atoms with van der Waals surface area (Å²) in [6, 6.07) is 5.59. The number of hydrogen-bond donors (Lipinski definition) is 2. The molecule has 7 nitrogen and oxygen atoms in total. The summed E-state index contributed by atoms with van der Waals surface area (Å²) in [5.74, 6) is 0.547. The van der Waals surface area contributed by atoms with E-state index in [-0.39, 0.29) is 11.8 Å². The molecule has 0 atom stereocenters. The summed E-state index contributed by atoms with van der Waals surface area (Å²) in [6.07, 6.45) is 6.74. The highest BCUT2D eigenvalue weighted by molar-refractivity contribution is 5.92. The molecule has 1 fully saturated rings. The second kappa shape index (κ2) is 8.60. The molecule has 0 saturated carbocycles. The van der Waals surface area contributed by atoms with Crippen LogP contribution in [0.4, 0.5) is 0 Å². The van der Waals surface area contributed by atoms with E-state index in [0.29, 0.717) is 24.6 Å². The van der Waals surface area contributed by atoms with Crippen molar-refractivity contribution < 1.29 is 9.59 Å². The van der Waals surface area contributed by atoms with Gasteiger partial charge in [0, 0.05) is 44.1 Å². The third-order valence-corrected chi connectivity index (χ3v) is 4.82. The Kier molecular flexibility index (Phi) is 5.99. The van der Waals surface area contributed by atoms with Crippen LogP contribution >= 0.6 is 0 Å². The Bertz CT molecular complexity index is 735. The van der Waals surface area contributed by atoms with Crippen molar-refractivity contribution in [1.29, 1.82) is 0 Å². The van der Waals surface area contributed by atoms with Gasteiger partial charge in [0.15, 0.2) is 0 Å². The second-order valence-corrected chi connectivity index (χ2v) is 6.85. The van der Waals surface area contributed by atoms with Crippen LogP contribution in [0, 0.1) is 12.8 Å². The molecule has 0 aromatic carbocycles. The van der Waals surface area contributed by atoms with Crippen molar-refractivity contribution in [3.63, 3.8) is 0 Å². The second-order valence-electron chi connectivity index (χ2n) is 6.85. The molecular weight excluding hydrogens is 330 g/mol. The topological polar surface area (TPSA) is 91.0 Å². The van der Waals surface area contributed by atoms with E-state index in [2.05, 4.69) is 20.5 Å². The number of likely N-dealkylation sites (tertiary alicyclic amines) is 1. The molecule has 2 aromatic heterocycles. The van der Waals surface area contributed by atoms with Crippen molar-refractivity contribution in [3.05, 3.63) is 47.5 Å². The van der Waals surface area contributed by atoms with Crippen molar-refractivity contribution in [2.24, 2.45) is 5.92 Å². The maximum absolute atomic E-state index is 12.4. The number of H-pyrrole nitrogens is 1. The lowest BCUT2D eigenvalue weighted by Gasteiger charge is -2.31. The van der Waals surface area contributed by atoms with Gasteiger partial charge in [-0.2, -0.15) is 5.10 Å². The van der Waals surface area contributed by atoms with Crippen LogP contribution in [0.1, 0.15) is 47.4 Å². The van der Waals surface area contributed by atoms with E-state index in [1.54, 1.807) is 18.5 Å². The van der Waals surface area contributed by atoms with E-state index in [9.17, 15) is 9.59 Å². The predicted molar refractivity (Wildman–Crippen MR) is 97.3 cm³/mol. The molecule has 0 bridgehead atoms. The van der Waals surface area contributed by atoms with Crippen LogP contribution in [0.3, 0.4) is 0 Å². The lowest BCUT2D eigenvalue weighted by molar-refractivity contribution is -0.121. The third-order valence-electron chi connectivity index (χ3n) is 4.82. The first-order valence-corrected chi connectivity index (χ1v) is 9.08. The van der Waals surface area contributed by atoms with Gasteiger partial charge in [-0.25, -0.2) is 0 Å². The zero-order valence-electron chi connectivity index (χ0n) is 15.1. The summed E-state index contributed by atoms with van der Waals surface area (Å²) in [7, 11) is 0. The molecule has 0 aliphatic carbocycles. The van der Waals surface area contributed by atoms with E-state index < -0.39 is 0 Å². The predicted octanol–water partition coefficient (Wildman–Crippen LogP) is 2.06. The number of piperidine rings is 1. The molecule has 2 amide bonds. The van der Waals surface area contributed by atoms with Gasteiger partial charge >= 0.3 is 0 Å². The fraction of sp³-hybridized carbons (Fsp3) is 0.474. The van der Waals surface area contributed by atoms with Gasteiger partial charge in [0.25, 0.3) is 5.91 Å². The number of nitrogens with one attached hydrogen (secondary N) is 2. The Morgan fingerprint density at radius 1 is 1.35 bits per heavy atom. The summed E-state index contributed by atoms with van der Waals surface area (Å²) in [6.45, 7) is 3.86. The van der Waals surface area contributed by atoms with Gasteiger partial charge in [-0.15, -0.1) is 0 Å². The number of nitrogens with zero attached hydrogens (tertiary/aromatic N) is 3. The molecule has 2 aromatic rings. The molecule has 7 heteroatoms. The van der Waals surface area contributed by atoms with Crippen molar-refractivity contribution >= 4 is 11.8 Å². The number of pyridine rings is 1. The first-order chi connectivity index (χ1) is 12.6. The highest BCUT2D eigenvalue weighted by Crippen LogP contribution is 2.23. The normalized spacial score (nSPS) is 15.0. The maximum Gasteiger partial charge on any atom is 0.274 e. The fourth-order valence-corrected chi connectivity index (χ4v) is 3.24. The molecule has 0 unspecified atom stereocenters. The molecule has 1 saturated heterocycles. The minimum Gasteiger partial charge on any atom is -0.352 e. The number of aryl methyl sites for hydroxylation is 1. The van der Waals surface area contributed by atoms with Crippen LogP contribution in [-0.4, -0.2) is 45.0 Å². The van der Waals surface area contributed by atoms with Gasteiger partial charge in [0.1, 0.15) is 5.69 Å². The number of aromatic amines is 1. The average molecular weight is 355 g/mol. The van der Waals surface area contributed by atoms with Crippen LogP contribution in [0.2, 0.25) is 0 Å². The van der Waals surface area contributed by atoms with E-state index in [4.69, 9.17) is 0 Å². The number of amides is 2. The summed E-state index contributed by atoms with van der Waals surface area (Å²) in [5, 5.41) is 9.78. The van der Waals surface area contributed by atoms with Gasteiger partial charge in [0.2, 0.25) is 5.91 Å². The number of aromatic nitrogens is 3. The molecule has 138 valence electrons. The van der Waals surface area contributed by atoms with Crippen LogP contribution in [0.15, 0.2) is 30.6 Å². The summed E-state index contributed by atoms with van der Waals surface area (Å²) >= 11 is 0. The Hall–Kier alpha value is -2.70. The maximum atomic E-state index is 12.4. The Morgan fingerprint density at radius 3 is 2.81 bits per heavy atom. The average Bonchev–Trinajstić information content (AvgIpc) is 3.12. The van der Waals surface area contributed by atoms with Crippen molar-refractivity contribution in [2.45, 2.75) is 39.2 Å². The van der Waals surface area contributed by atoms with Crippen molar-refractivity contribution in [1.82, 2.24) is 25.4 Å². The van der Waals surface area contributed by atoms with Gasteiger partial charge in [0.05, 0.1) is 0 Å². The highest BCUT2D eigenvalue weighted by Gasteiger charge is 2.25. The Morgan fingerprint density at radius 2 is 2.15 bits per heavy atom. The Labute approximate surface area is 153 Å². The minimum atomic E-state index is -0.0120. The molecule has 0 spiro atoms. The smallest absolute Gasteiger partial charge is 0.274 e. The Balaban J connectivity index is 1.36. The standard InChI is InChI=1S/C19H25N5O2/c1-14-11-17(23-22-14)19(26)24-9-6-15(7-10-24)4-5-18(25)21-13-16-3-2-8-20-12-16/h2-3,8,11-12,15H,4-7,9-10,13H2,1H3,(H,21,25)(H,22,23). The summed E-state index contributed by atoms with van der Waals surface area (Å²) < 4.78 is 0. The molecule has 0 radical (unpaired) electrons. The fourth-order valence-electron chi connectivity index (χ4n) is 3.24. The van der Waals surface area contributed by atoms with Crippen LogP contribution in [0.25, 0.3) is 0 Å². The van der Waals surface area contributed by atoms with Crippen LogP contribution in [-0.2, 0) is 11.3 Å². The lowest BCUT2D eigenvalue weighted by Crippen LogP contribution is -2.38. The van der Waals surface area contributed by atoms with Crippen LogP contribution in [0.5, 0.6) is 0 Å². The van der Waals surface area contributed by atoms with Gasteiger partial charge in [-0.05, 0) is 49.8 Å². The first-order valence-electron chi connectivity index (χ1n) is 9.08. The SMILES string of the molecule is Cc1cc(C(=O)N2CCC(CCC(=O)NCc3cccnc3)CC2)n[nH]1. The van der Waals surface area contributed by atoms with Gasteiger partial charge in [-0.3, -0.25) is 19.7 Å². The summed E-state index contributed by atoms with van der Waals surface area (Å²) in [4.78, 5) is 30.3. The van der Waals surface area contributed by atoms with Gasteiger partial charge < -0.3 is 10.2 Å². The molecule has 2 N–H and O–H groups in total. The van der Waals surface area contributed by atoms with E-state index in [1.165, 1.54) is 0 Å². The summed E-state index contributed by atoms with van der Waals surface area (Å²) in [5.41, 5.74) is 2.37. The molecule has 26 heavy (non-hydrogen) atoms. The molecule has 1 aliphatic rings. The minimum absolute atomic E-state index is 0.0120. The van der Waals surface area contributed by atoms with Crippen LogP contribution < -0.4 is 5.32 Å². The monoisotopic (exact) mass is 355 g/mol. The molecule has 3 heterocycles. The number of hydrogen-bond acceptors (Lipinski definition) is 4. The lowest BCUT2D eigenvalue weighted by atomic mass is 9.92. The number of carbonyl (C=O) groups excluding carboxylic acids is 2. The highest BCUT2D eigenvalue weighted by atomic mass is 16.2. The number of carbonyl (C=O) groups is 2.